The van der Waals surface area contributed by atoms with Gasteiger partial charge in [-0.2, -0.15) is 0 Å². The topological polar surface area (TPSA) is 78.5 Å². The molecule has 1 aliphatic rings. The van der Waals surface area contributed by atoms with E-state index in [1.54, 1.807) is 7.11 Å². The number of hydrogen-bond acceptors (Lipinski definition) is 6. The quantitative estimate of drug-likeness (QED) is 0.608. The summed E-state index contributed by atoms with van der Waals surface area (Å²) < 4.78 is 5.10. The highest BCUT2D eigenvalue weighted by atomic mass is 32.1. The monoisotopic (exact) mass is 269 g/mol. The summed E-state index contributed by atoms with van der Waals surface area (Å²) >= 11 is 1.48. The molecule has 0 bridgehead atoms. The number of piperazine rings is 1. The van der Waals surface area contributed by atoms with Crippen molar-refractivity contribution in [3.05, 3.63) is 10.6 Å². The van der Waals surface area contributed by atoms with Gasteiger partial charge in [-0.3, -0.25) is 5.41 Å². The van der Waals surface area contributed by atoms with Gasteiger partial charge in [-0.05, 0) is 7.05 Å². The van der Waals surface area contributed by atoms with E-state index in [1.807, 2.05) is 0 Å². The molecular weight excluding hydrogens is 250 g/mol. The molecule has 1 aliphatic heterocycles. The molecule has 2 heterocycles. The first-order valence-electron chi connectivity index (χ1n) is 5.88. The molecule has 7 heteroatoms. The lowest BCUT2D eigenvalue weighted by Crippen LogP contribution is -2.44. The van der Waals surface area contributed by atoms with Crippen LogP contribution >= 0.6 is 11.3 Å². The van der Waals surface area contributed by atoms with E-state index in [-0.39, 0.29) is 5.84 Å². The predicted octanol–water partition coefficient (Wildman–Crippen LogP) is 0.325. The van der Waals surface area contributed by atoms with Gasteiger partial charge in [0.25, 0.3) is 0 Å². The molecule has 0 aromatic carbocycles. The molecule has 0 spiro atoms. The number of nitrogens with one attached hydrogen (secondary N) is 1. The number of amidine groups is 1. The van der Waals surface area contributed by atoms with E-state index in [4.69, 9.17) is 15.9 Å². The number of likely N-dealkylation sites (N-methyl/N-ethyl adjacent to an activating group) is 1. The number of nitrogens with zero attached hydrogens (tertiary/aromatic N) is 3. The van der Waals surface area contributed by atoms with Gasteiger partial charge >= 0.3 is 0 Å². The summed E-state index contributed by atoms with van der Waals surface area (Å²) in [5, 5.41) is 8.52. The molecule has 1 saturated heterocycles. The van der Waals surface area contributed by atoms with Crippen molar-refractivity contribution in [1.82, 2.24) is 9.88 Å². The fraction of sp³-hybridized carbons (Fsp3) is 0.636. The van der Waals surface area contributed by atoms with Gasteiger partial charge in [0.1, 0.15) is 5.84 Å². The Balaban J connectivity index is 2.18. The minimum atomic E-state index is 0.0694. The standard InChI is InChI=1S/C11H19N5OS/c1-15-3-5-16(6-4-15)11-14-8(7-17-2)9(18-11)10(12)13/h3-7H2,1-2H3,(H3,12,13). The molecule has 18 heavy (non-hydrogen) atoms. The number of methoxy groups -OCH3 is 1. The highest BCUT2D eigenvalue weighted by Crippen LogP contribution is 2.27. The lowest BCUT2D eigenvalue weighted by Gasteiger charge is -2.32. The van der Waals surface area contributed by atoms with E-state index in [2.05, 4.69) is 21.8 Å². The van der Waals surface area contributed by atoms with Crippen LogP contribution in [0.1, 0.15) is 10.6 Å². The van der Waals surface area contributed by atoms with E-state index in [9.17, 15) is 0 Å². The van der Waals surface area contributed by atoms with E-state index in [1.165, 1.54) is 11.3 Å². The fourth-order valence-corrected chi connectivity index (χ4v) is 2.90. The van der Waals surface area contributed by atoms with Gasteiger partial charge in [0.15, 0.2) is 5.13 Å². The van der Waals surface area contributed by atoms with Crippen LogP contribution in [0.5, 0.6) is 0 Å². The number of hydrogen-bond donors (Lipinski definition) is 2. The Labute approximate surface area is 111 Å². The van der Waals surface area contributed by atoms with Crippen molar-refractivity contribution in [3.8, 4) is 0 Å². The molecule has 0 radical (unpaired) electrons. The fourth-order valence-electron chi connectivity index (χ4n) is 1.92. The number of nitrogens with two attached hydrogens (primary N) is 1. The van der Waals surface area contributed by atoms with Crippen molar-refractivity contribution < 1.29 is 4.74 Å². The molecule has 0 saturated carbocycles. The Hall–Kier alpha value is -1.18. The van der Waals surface area contributed by atoms with Crippen LogP contribution in [0.3, 0.4) is 0 Å². The van der Waals surface area contributed by atoms with Gasteiger partial charge in [-0.1, -0.05) is 11.3 Å². The zero-order valence-corrected chi connectivity index (χ0v) is 11.6. The summed E-state index contributed by atoms with van der Waals surface area (Å²) in [5.74, 6) is 0.0694. The third-order valence-electron chi connectivity index (χ3n) is 2.99. The van der Waals surface area contributed by atoms with Gasteiger partial charge in [-0.25, -0.2) is 4.98 Å². The van der Waals surface area contributed by atoms with Crippen molar-refractivity contribution in [2.24, 2.45) is 5.73 Å². The van der Waals surface area contributed by atoms with Crippen LogP contribution in [0.2, 0.25) is 0 Å². The Morgan fingerprint density at radius 3 is 2.67 bits per heavy atom. The lowest BCUT2D eigenvalue weighted by molar-refractivity contribution is 0.182. The molecule has 3 N–H and O–H groups in total. The summed E-state index contributed by atoms with van der Waals surface area (Å²) in [4.78, 5) is 9.82. The molecule has 0 aliphatic carbocycles. The van der Waals surface area contributed by atoms with Crippen LogP contribution in [0, 0.1) is 5.41 Å². The predicted molar refractivity (Wildman–Crippen MR) is 73.6 cm³/mol. The van der Waals surface area contributed by atoms with E-state index < -0.39 is 0 Å². The third kappa shape index (κ3) is 2.80. The number of rotatable bonds is 4. The van der Waals surface area contributed by atoms with Crippen LogP contribution in [0.25, 0.3) is 0 Å². The van der Waals surface area contributed by atoms with Crippen molar-refractivity contribution in [2.75, 3.05) is 45.2 Å². The summed E-state index contributed by atoms with van der Waals surface area (Å²) in [6.07, 6.45) is 0. The van der Waals surface area contributed by atoms with Gasteiger partial charge in [0, 0.05) is 33.3 Å². The molecule has 1 fully saturated rings. The third-order valence-corrected chi connectivity index (χ3v) is 4.18. The Morgan fingerprint density at radius 1 is 1.44 bits per heavy atom. The molecule has 1 aromatic heterocycles. The van der Waals surface area contributed by atoms with Crippen LogP contribution in [0.15, 0.2) is 0 Å². The van der Waals surface area contributed by atoms with Crippen LogP contribution < -0.4 is 10.6 Å². The van der Waals surface area contributed by atoms with Crippen LogP contribution in [0.4, 0.5) is 5.13 Å². The van der Waals surface area contributed by atoms with Gasteiger partial charge in [-0.15, -0.1) is 0 Å². The number of anilines is 1. The molecule has 1 aromatic rings. The zero-order valence-electron chi connectivity index (χ0n) is 10.8. The summed E-state index contributed by atoms with van der Waals surface area (Å²) in [7, 11) is 3.75. The second kappa shape index (κ2) is 5.64. The number of ether oxygens (including phenoxy) is 1. The lowest BCUT2D eigenvalue weighted by atomic mass is 10.3. The van der Waals surface area contributed by atoms with Gasteiger partial charge in [0.05, 0.1) is 17.2 Å². The molecular formula is C11H19N5OS. The van der Waals surface area contributed by atoms with Crippen molar-refractivity contribution in [2.45, 2.75) is 6.61 Å². The Bertz CT molecular complexity index is 425. The second-order valence-corrected chi connectivity index (χ2v) is 5.39. The zero-order chi connectivity index (χ0) is 13.1. The maximum Gasteiger partial charge on any atom is 0.186 e. The normalized spacial score (nSPS) is 17.1. The van der Waals surface area contributed by atoms with E-state index in [0.29, 0.717) is 6.61 Å². The smallest absolute Gasteiger partial charge is 0.186 e. The first-order chi connectivity index (χ1) is 8.61. The van der Waals surface area contributed by atoms with Crippen molar-refractivity contribution >= 4 is 22.3 Å². The van der Waals surface area contributed by atoms with E-state index >= 15 is 0 Å². The Kier molecular flexibility index (Phi) is 4.15. The first-order valence-corrected chi connectivity index (χ1v) is 6.70. The number of thiazole rings is 1. The van der Waals surface area contributed by atoms with Crippen LogP contribution in [-0.4, -0.2) is 56.1 Å². The van der Waals surface area contributed by atoms with Gasteiger partial charge < -0.3 is 20.3 Å². The molecule has 100 valence electrons. The summed E-state index contributed by atoms with van der Waals surface area (Å²) in [6, 6.07) is 0. The maximum absolute atomic E-state index is 7.58. The van der Waals surface area contributed by atoms with Crippen molar-refractivity contribution in [1.29, 1.82) is 5.41 Å². The van der Waals surface area contributed by atoms with E-state index in [0.717, 1.165) is 41.9 Å². The average Bonchev–Trinajstić information content (AvgIpc) is 2.75. The van der Waals surface area contributed by atoms with Crippen LogP contribution in [-0.2, 0) is 11.3 Å². The number of nitrogen functional groups attached to an aromatic ring is 1. The summed E-state index contributed by atoms with van der Waals surface area (Å²) in [6.45, 7) is 4.41. The minimum Gasteiger partial charge on any atom is -0.383 e. The molecule has 0 atom stereocenters. The average molecular weight is 269 g/mol. The first kappa shape index (κ1) is 13.3. The molecule has 6 nitrogen and oxygen atoms in total. The second-order valence-electron chi connectivity index (χ2n) is 4.41. The molecule has 0 unspecified atom stereocenters. The molecule has 0 amide bonds. The Morgan fingerprint density at radius 2 is 2.11 bits per heavy atom. The van der Waals surface area contributed by atoms with Gasteiger partial charge in [0.2, 0.25) is 0 Å². The highest BCUT2D eigenvalue weighted by Gasteiger charge is 2.20. The SMILES string of the molecule is COCc1nc(N2CCN(C)CC2)sc1C(=N)N. The minimum absolute atomic E-state index is 0.0694. The molecule has 2 rings (SSSR count). The maximum atomic E-state index is 7.58. The summed E-state index contributed by atoms with van der Waals surface area (Å²) in [5.41, 5.74) is 6.35. The largest absolute Gasteiger partial charge is 0.383 e. The number of aromatic nitrogens is 1. The van der Waals surface area contributed by atoms with Crippen molar-refractivity contribution in [3.63, 3.8) is 0 Å². The highest BCUT2D eigenvalue weighted by molar-refractivity contribution is 7.17.